The highest BCUT2D eigenvalue weighted by atomic mass is 16.5. The molecule has 1 N–H and O–H groups in total. The predicted octanol–water partition coefficient (Wildman–Crippen LogP) is 0.801. The molecule has 0 saturated heterocycles. The molecule has 78 valence electrons. The Morgan fingerprint density at radius 2 is 2.13 bits per heavy atom. The predicted molar refractivity (Wildman–Crippen MR) is 58.2 cm³/mol. The van der Waals surface area contributed by atoms with Crippen LogP contribution in [0.5, 0.6) is 0 Å². The van der Waals surface area contributed by atoms with E-state index in [1.165, 1.54) is 7.11 Å². The largest absolute Gasteiger partial charge is 0.375 e. The van der Waals surface area contributed by atoms with Crippen LogP contribution in [0.1, 0.15) is 5.56 Å². The van der Waals surface area contributed by atoms with Crippen LogP contribution in [0.15, 0.2) is 30.3 Å². The van der Waals surface area contributed by atoms with Crippen LogP contribution in [0.25, 0.3) is 0 Å². The summed E-state index contributed by atoms with van der Waals surface area (Å²) in [6.45, 7) is 0.421. The van der Waals surface area contributed by atoms with E-state index in [4.69, 9.17) is 0 Å². The molecule has 0 unspecified atom stereocenters. The fraction of sp³-hybridized carbons (Fsp3) is 0.250. The van der Waals surface area contributed by atoms with E-state index in [9.17, 15) is 4.79 Å². The molecule has 0 aromatic heterocycles. The maximum atomic E-state index is 11.0. The van der Waals surface area contributed by atoms with Crippen LogP contribution >= 0.6 is 0 Å². The van der Waals surface area contributed by atoms with Crippen molar-refractivity contribution in [2.75, 3.05) is 20.3 Å². The maximum absolute atomic E-state index is 11.0. The minimum atomic E-state index is -0.153. The molecule has 0 aliphatic carbocycles. The van der Waals surface area contributed by atoms with Gasteiger partial charge in [0, 0.05) is 12.7 Å². The molecule has 1 amide bonds. The lowest BCUT2D eigenvalue weighted by Gasteiger charge is -1.97. The summed E-state index contributed by atoms with van der Waals surface area (Å²) in [6, 6.07) is 9.63. The molecule has 0 aliphatic rings. The average Bonchev–Trinajstić information content (AvgIpc) is 2.26. The monoisotopic (exact) mass is 203 g/mol. The first kappa shape index (κ1) is 11.3. The topological polar surface area (TPSA) is 38.3 Å². The van der Waals surface area contributed by atoms with Crippen LogP contribution in [0.2, 0.25) is 0 Å². The van der Waals surface area contributed by atoms with Crippen molar-refractivity contribution in [3.05, 3.63) is 35.9 Å². The van der Waals surface area contributed by atoms with E-state index in [0.29, 0.717) is 6.54 Å². The minimum Gasteiger partial charge on any atom is -0.375 e. The lowest BCUT2D eigenvalue weighted by atomic mass is 10.2. The fourth-order valence-corrected chi connectivity index (χ4v) is 0.993. The summed E-state index contributed by atoms with van der Waals surface area (Å²) in [5.74, 6) is 5.64. The Bertz CT molecular complexity index is 362. The molecule has 1 aromatic rings. The second-order valence-corrected chi connectivity index (χ2v) is 2.88. The molecular weight excluding hydrogens is 190 g/mol. The summed E-state index contributed by atoms with van der Waals surface area (Å²) >= 11 is 0. The number of carbonyl (C=O) groups is 1. The molecule has 0 saturated carbocycles. The number of amides is 1. The zero-order valence-electron chi connectivity index (χ0n) is 8.62. The average molecular weight is 203 g/mol. The molecule has 1 rings (SSSR count). The number of ether oxygens (including phenoxy) is 1. The quantitative estimate of drug-likeness (QED) is 0.738. The molecule has 0 aliphatic heterocycles. The Hall–Kier alpha value is -1.79. The molecule has 0 fully saturated rings. The van der Waals surface area contributed by atoms with Gasteiger partial charge in [-0.15, -0.1) is 0 Å². The molecule has 0 heterocycles. The first-order valence-electron chi connectivity index (χ1n) is 4.62. The molecule has 0 radical (unpaired) electrons. The van der Waals surface area contributed by atoms with E-state index in [-0.39, 0.29) is 12.5 Å². The van der Waals surface area contributed by atoms with Gasteiger partial charge in [0.25, 0.3) is 0 Å². The van der Waals surface area contributed by atoms with E-state index in [1.54, 1.807) is 0 Å². The van der Waals surface area contributed by atoms with Crippen LogP contribution in [-0.2, 0) is 9.53 Å². The zero-order chi connectivity index (χ0) is 10.9. The standard InChI is InChI=1S/C12H13NO2/c1-15-10-12(14)13-9-5-8-11-6-3-2-4-7-11/h2-4,6-7H,9-10H2,1H3,(H,13,14). The highest BCUT2D eigenvalue weighted by Crippen LogP contribution is 1.93. The number of benzene rings is 1. The van der Waals surface area contributed by atoms with Crippen molar-refractivity contribution in [1.82, 2.24) is 5.32 Å². The van der Waals surface area contributed by atoms with Gasteiger partial charge in [0.05, 0.1) is 6.54 Å². The highest BCUT2D eigenvalue weighted by Gasteiger charge is 1.94. The number of nitrogens with one attached hydrogen (secondary N) is 1. The van der Waals surface area contributed by atoms with Gasteiger partial charge in [-0.3, -0.25) is 4.79 Å². The molecule has 0 bridgehead atoms. The number of hydrogen-bond acceptors (Lipinski definition) is 2. The normalized spacial score (nSPS) is 8.87. The van der Waals surface area contributed by atoms with Crippen LogP contribution in [0.4, 0.5) is 0 Å². The van der Waals surface area contributed by atoms with Gasteiger partial charge in [-0.2, -0.15) is 0 Å². The highest BCUT2D eigenvalue weighted by molar-refractivity contribution is 5.77. The first-order valence-corrected chi connectivity index (χ1v) is 4.62. The number of carbonyl (C=O) groups excluding carboxylic acids is 1. The number of hydrogen-bond donors (Lipinski definition) is 1. The Labute approximate surface area is 89.4 Å². The van der Waals surface area contributed by atoms with Crippen LogP contribution in [-0.4, -0.2) is 26.2 Å². The Morgan fingerprint density at radius 1 is 1.40 bits per heavy atom. The summed E-state index contributed by atoms with van der Waals surface area (Å²) in [6.07, 6.45) is 0. The third-order valence-corrected chi connectivity index (χ3v) is 1.66. The van der Waals surface area contributed by atoms with E-state index in [1.807, 2.05) is 30.3 Å². The van der Waals surface area contributed by atoms with Gasteiger partial charge >= 0.3 is 0 Å². The Morgan fingerprint density at radius 3 is 2.80 bits per heavy atom. The number of rotatable bonds is 3. The number of methoxy groups -OCH3 is 1. The van der Waals surface area contributed by atoms with E-state index < -0.39 is 0 Å². The van der Waals surface area contributed by atoms with Crippen LogP contribution < -0.4 is 5.32 Å². The van der Waals surface area contributed by atoms with Gasteiger partial charge in [-0.1, -0.05) is 30.0 Å². The van der Waals surface area contributed by atoms with E-state index in [2.05, 4.69) is 21.9 Å². The Kier molecular flexibility index (Phi) is 4.99. The third-order valence-electron chi connectivity index (χ3n) is 1.66. The van der Waals surface area contributed by atoms with E-state index >= 15 is 0 Å². The summed E-state index contributed by atoms with van der Waals surface area (Å²) in [4.78, 5) is 11.0. The summed E-state index contributed by atoms with van der Waals surface area (Å²) < 4.78 is 4.66. The van der Waals surface area contributed by atoms with Crippen molar-refractivity contribution >= 4 is 5.91 Å². The van der Waals surface area contributed by atoms with E-state index in [0.717, 1.165) is 5.56 Å². The maximum Gasteiger partial charge on any atom is 0.246 e. The van der Waals surface area contributed by atoms with Crippen molar-refractivity contribution in [3.63, 3.8) is 0 Å². The molecule has 3 nitrogen and oxygen atoms in total. The second kappa shape index (κ2) is 6.63. The van der Waals surface area contributed by atoms with Crippen molar-refractivity contribution in [2.24, 2.45) is 0 Å². The van der Waals surface area contributed by atoms with Gasteiger partial charge in [-0.05, 0) is 12.1 Å². The SMILES string of the molecule is COCC(=O)NCC#Cc1ccccc1. The molecular formula is C12H13NO2. The summed E-state index contributed by atoms with van der Waals surface area (Å²) in [5, 5.41) is 2.62. The first-order chi connectivity index (χ1) is 7.33. The molecule has 3 heteroatoms. The third kappa shape index (κ3) is 4.84. The zero-order valence-corrected chi connectivity index (χ0v) is 8.62. The lowest BCUT2D eigenvalue weighted by molar-refractivity contribution is -0.124. The van der Waals surface area contributed by atoms with Crippen molar-refractivity contribution in [3.8, 4) is 11.8 Å². The van der Waals surface area contributed by atoms with Gasteiger partial charge in [-0.25, -0.2) is 0 Å². The van der Waals surface area contributed by atoms with Crippen LogP contribution in [0, 0.1) is 11.8 Å². The lowest BCUT2D eigenvalue weighted by Crippen LogP contribution is -2.27. The van der Waals surface area contributed by atoms with Gasteiger partial charge in [0.2, 0.25) is 5.91 Å². The van der Waals surface area contributed by atoms with Crippen molar-refractivity contribution < 1.29 is 9.53 Å². The van der Waals surface area contributed by atoms with Crippen LogP contribution in [0.3, 0.4) is 0 Å². The molecule has 1 aromatic carbocycles. The van der Waals surface area contributed by atoms with Gasteiger partial charge < -0.3 is 10.1 Å². The van der Waals surface area contributed by atoms with Crippen molar-refractivity contribution in [1.29, 1.82) is 0 Å². The second-order valence-electron chi connectivity index (χ2n) is 2.88. The summed E-state index contributed by atoms with van der Waals surface area (Å²) in [5.41, 5.74) is 0.943. The fourth-order valence-electron chi connectivity index (χ4n) is 0.993. The van der Waals surface area contributed by atoms with Gasteiger partial charge in [0.15, 0.2) is 0 Å². The minimum absolute atomic E-state index is 0.0764. The smallest absolute Gasteiger partial charge is 0.246 e. The van der Waals surface area contributed by atoms with Crippen molar-refractivity contribution in [2.45, 2.75) is 0 Å². The molecule has 15 heavy (non-hydrogen) atoms. The molecule has 0 atom stereocenters. The van der Waals surface area contributed by atoms with Gasteiger partial charge in [0.1, 0.15) is 6.61 Å². The Balaban J connectivity index is 2.32. The summed E-state index contributed by atoms with van der Waals surface area (Å²) in [7, 11) is 1.48. The molecule has 0 spiro atoms.